The fraction of sp³-hybridized carbons (Fsp3) is 0.125. The second-order valence-corrected chi connectivity index (χ2v) is 5.30. The van der Waals surface area contributed by atoms with Crippen LogP contribution in [0, 0.1) is 6.92 Å². The molecule has 4 rings (SSSR count). The molecule has 4 aromatic rings. The van der Waals surface area contributed by atoms with Crippen LogP contribution < -0.4 is 5.32 Å². The Morgan fingerprint density at radius 3 is 3.17 bits per heavy atom. The van der Waals surface area contributed by atoms with Crippen molar-refractivity contribution in [3.05, 3.63) is 59.7 Å². The molecule has 4 heterocycles. The lowest BCUT2D eigenvalue weighted by atomic mass is 10.1. The average Bonchev–Trinajstić information content (AvgIpc) is 3.18. The monoisotopic (exact) mass is 306 g/mol. The summed E-state index contributed by atoms with van der Waals surface area (Å²) in [5.41, 5.74) is 3.86. The normalized spacial score (nSPS) is 11.2. The van der Waals surface area contributed by atoms with Crippen LogP contribution in [0.25, 0.3) is 16.6 Å². The molecule has 0 aliphatic rings. The molecule has 0 bridgehead atoms. The van der Waals surface area contributed by atoms with Gasteiger partial charge in [-0.3, -0.25) is 9.89 Å². The van der Waals surface area contributed by atoms with Gasteiger partial charge in [0.25, 0.3) is 5.91 Å². The van der Waals surface area contributed by atoms with Gasteiger partial charge in [0.2, 0.25) is 0 Å². The van der Waals surface area contributed by atoms with Crippen LogP contribution in [0.4, 0.5) is 0 Å². The van der Waals surface area contributed by atoms with E-state index in [1.165, 1.54) is 0 Å². The summed E-state index contributed by atoms with van der Waals surface area (Å²) in [5.74, 6) is -0.166. The summed E-state index contributed by atoms with van der Waals surface area (Å²) in [6.07, 6.45) is 5.10. The van der Waals surface area contributed by atoms with Crippen molar-refractivity contribution in [1.29, 1.82) is 0 Å². The van der Waals surface area contributed by atoms with Gasteiger partial charge in [0, 0.05) is 17.8 Å². The minimum absolute atomic E-state index is 0.166. The van der Waals surface area contributed by atoms with E-state index in [1.54, 1.807) is 16.9 Å². The van der Waals surface area contributed by atoms with Crippen molar-refractivity contribution >= 4 is 22.5 Å². The Bertz CT molecular complexity index is 1020. The number of aryl methyl sites for hydroxylation is 1. The minimum atomic E-state index is -0.166. The highest BCUT2D eigenvalue weighted by Crippen LogP contribution is 2.16. The van der Waals surface area contributed by atoms with E-state index in [2.05, 4.69) is 25.6 Å². The number of pyridine rings is 2. The van der Waals surface area contributed by atoms with E-state index in [1.807, 2.05) is 37.4 Å². The Labute approximate surface area is 131 Å². The molecule has 0 aromatic carbocycles. The first kappa shape index (κ1) is 13.4. The number of amides is 1. The lowest BCUT2D eigenvalue weighted by molar-refractivity contribution is 0.0952. The number of hydrogen-bond acceptors (Lipinski definition) is 4. The van der Waals surface area contributed by atoms with E-state index in [4.69, 9.17) is 0 Å². The van der Waals surface area contributed by atoms with E-state index in [0.717, 1.165) is 22.2 Å². The van der Waals surface area contributed by atoms with Gasteiger partial charge in [-0.1, -0.05) is 6.07 Å². The predicted molar refractivity (Wildman–Crippen MR) is 85.0 cm³/mol. The molecule has 0 saturated heterocycles. The molecule has 4 aromatic heterocycles. The largest absolute Gasteiger partial charge is 0.346 e. The fourth-order valence-corrected chi connectivity index (χ4v) is 2.68. The summed E-state index contributed by atoms with van der Waals surface area (Å²) in [6, 6.07) is 7.63. The van der Waals surface area contributed by atoms with E-state index >= 15 is 0 Å². The molecule has 0 aliphatic heterocycles. The smallest absolute Gasteiger partial charge is 0.255 e. The third-order valence-corrected chi connectivity index (χ3v) is 3.82. The van der Waals surface area contributed by atoms with Gasteiger partial charge in [-0.25, -0.2) is 9.50 Å². The van der Waals surface area contributed by atoms with Crippen molar-refractivity contribution in [2.24, 2.45) is 0 Å². The van der Waals surface area contributed by atoms with Gasteiger partial charge < -0.3 is 5.32 Å². The molecule has 0 saturated carbocycles. The van der Waals surface area contributed by atoms with Crippen LogP contribution in [0.2, 0.25) is 0 Å². The van der Waals surface area contributed by atoms with Gasteiger partial charge in [0.05, 0.1) is 29.5 Å². The number of hydrogen-bond donors (Lipinski definition) is 2. The average molecular weight is 306 g/mol. The molecular weight excluding hydrogens is 292 g/mol. The number of aromatic nitrogens is 5. The van der Waals surface area contributed by atoms with Gasteiger partial charge in [0.1, 0.15) is 0 Å². The molecule has 0 atom stereocenters. The Kier molecular flexibility index (Phi) is 3.04. The van der Waals surface area contributed by atoms with Gasteiger partial charge in [-0.05, 0) is 30.7 Å². The molecule has 0 fully saturated rings. The highest BCUT2D eigenvalue weighted by atomic mass is 16.1. The maximum Gasteiger partial charge on any atom is 0.255 e. The molecule has 0 aliphatic carbocycles. The number of H-pyrrole nitrogens is 1. The lowest BCUT2D eigenvalue weighted by Gasteiger charge is -2.04. The Balaban J connectivity index is 1.60. The molecule has 7 nitrogen and oxygen atoms in total. The zero-order valence-electron chi connectivity index (χ0n) is 12.4. The molecule has 0 radical (unpaired) electrons. The zero-order chi connectivity index (χ0) is 15.8. The minimum Gasteiger partial charge on any atom is -0.346 e. The van der Waals surface area contributed by atoms with E-state index in [9.17, 15) is 4.79 Å². The van der Waals surface area contributed by atoms with Crippen LogP contribution in [-0.2, 0) is 6.54 Å². The van der Waals surface area contributed by atoms with Crippen molar-refractivity contribution in [1.82, 2.24) is 30.1 Å². The van der Waals surface area contributed by atoms with Crippen LogP contribution in [0.15, 0.2) is 42.9 Å². The van der Waals surface area contributed by atoms with Crippen LogP contribution in [0.1, 0.15) is 21.6 Å². The van der Waals surface area contributed by atoms with Crippen molar-refractivity contribution in [2.75, 3.05) is 0 Å². The third-order valence-electron chi connectivity index (χ3n) is 3.82. The molecule has 114 valence electrons. The maximum absolute atomic E-state index is 12.5. The fourth-order valence-electron chi connectivity index (χ4n) is 2.68. The van der Waals surface area contributed by atoms with Crippen molar-refractivity contribution in [3.8, 4) is 0 Å². The summed E-state index contributed by atoms with van der Waals surface area (Å²) in [6.45, 7) is 2.31. The van der Waals surface area contributed by atoms with Crippen molar-refractivity contribution < 1.29 is 4.79 Å². The Morgan fingerprint density at radius 2 is 2.26 bits per heavy atom. The van der Waals surface area contributed by atoms with Gasteiger partial charge in [0.15, 0.2) is 5.65 Å². The maximum atomic E-state index is 12.5. The highest BCUT2D eigenvalue weighted by molar-refractivity contribution is 6.01. The quantitative estimate of drug-likeness (QED) is 0.604. The first-order valence-electron chi connectivity index (χ1n) is 7.23. The second-order valence-electron chi connectivity index (χ2n) is 5.30. The molecule has 0 unspecified atom stereocenters. The summed E-state index contributed by atoms with van der Waals surface area (Å²) in [5, 5.41) is 15.1. The van der Waals surface area contributed by atoms with E-state index in [-0.39, 0.29) is 5.91 Å². The molecular formula is C16H14N6O. The summed E-state index contributed by atoms with van der Waals surface area (Å²) < 4.78 is 1.71. The number of aromatic amines is 1. The summed E-state index contributed by atoms with van der Waals surface area (Å²) >= 11 is 0. The third kappa shape index (κ3) is 2.22. The molecule has 7 heteroatoms. The number of nitrogens with zero attached hydrogens (tertiary/aromatic N) is 4. The number of carbonyl (C=O) groups is 1. The first-order chi connectivity index (χ1) is 11.2. The van der Waals surface area contributed by atoms with Crippen LogP contribution in [0.5, 0.6) is 0 Å². The van der Waals surface area contributed by atoms with Crippen LogP contribution >= 0.6 is 0 Å². The standard InChI is InChI=1S/C16H14N6O/c1-10-4-3-7-22-14(10)12(8-19-22)16(23)18-9-13-11-5-2-6-17-15(11)21-20-13/h2-8H,9H2,1H3,(H,18,23)(H,17,20,21). The Hall–Kier alpha value is -3.22. The molecule has 1 amide bonds. The zero-order valence-corrected chi connectivity index (χ0v) is 12.4. The van der Waals surface area contributed by atoms with Gasteiger partial charge in [-0.2, -0.15) is 10.2 Å². The molecule has 2 N–H and O–H groups in total. The summed E-state index contributed by atoms with van der Waals surface area (Å²) in [4.78, 5) is 16.7. The number of nitrogens with one attached hydrogen (secondary N) is 2. The predicted octanol–water partition coefficient (Wildman–Crippen LogP) is 1.84. The second kappa shape index (κ2) is 5.20. The van der Waals surface area contributed by atoms with Crippen molar-refractivity contribution in [2.45, 2.75) is 13.5 Å². The summed E-state index contributed by atoms with van der Waals surface area (Å²) in [7, 11) is 0. The molecule has 23 heavy (non-hydrogen) atoms. The van der Waals surface area contributed by atoms with E-state index in [0.29, 0.717) is 17.8 Å². The van der Waals surface area contributed by atoms with Gasteiger partial charge >= 0.3 is 0 Å². The van der Waals surface area contributed by atoms with Crippen molar-refractivity contribution in [3.63, 3.8) is 0 Å². The SMILES string of the molecule is Cc1cccn2ncc(C(=O)NCc3[nH]nc4ncccc34)c12. The highest BCUT2D eigenvalue weighted by Gasteiger charge is 2.15. The number of rotatable bonds is 3. The van der Waals surface area contributed by atoms with E-state index < -0.39 is 0 Å². The lowest BCUT2D eigenvalue weighted by Crippen LogP contribution is -2.23. The topological polar surface area (TPSA) is 88.0 Å². The van der Waals surface area contributed by atoms with Crippen LogP contribution in [0.3, 0.4) is 0 Å². The first-order valence-corrected chi connectivity index (χ1v) is 7.23. The van der Waals surface area contributed by atoms with Crippen LogP contribution in [-0.4, -0.2) is 30.7 Å². The Morgan fingerprint density at radius 1 is 1.35 bits per heavy atom. The number of fused-ring (bicyclic) bond motifs is 2. The molecule has 0 spiro atoms. The number of carbonyl (C=O) groups excluding carboxylic acids is 1. The van der Waals surface area contributed by atoms with Gasteiger partial charge in [-0.15, -0.1) is 0 Å².